The summed E-state index contributed by atoms with van der Waals surface area (Å²) in [6.07, 6.45) is 4.78. The van der Waals surface area contributed by atoms with Crippen LogP contribution in [0.2, 0.25) is 0 Å². The lowest BCUT2D eigenvalue weighted by Gasteiger charge is -2.46. The van der Waals surface area contributed by atoms with Gasteiger partial charge in [-0.1, -0.05) is 18.3 Å². The van der Waals surface area contributed by atoms with Gasteiger partial charge in [-0.3, -0.25) is 9.59 Å². The molecular weight excluding hydrogens is 398 g/mol. The van der Waals surface area contributed by atoms with Gasteiger partial charge in [-0.25, -0.2) is 9.36 Å². The van der Waals surface area contributed by atoms with Crippen molar-refractivity contribution >= 4 is 34.0 Å². The van der Waals surface area contributed by atoms with Gasteiger partial charge in [0, 0.05) is 18.4 Å². The molecule has 2 aliphatic heterocycles. The van der Waals surface area contributed by atoms with Gasteiger partial charge in [0.25, 0.3) is 0 Å². The average Bonchev–Trinajstić information content (AvgIpc) is 3.23. The van der Waals surface area contributed by atoms with Gasteiger partial charge in [-0.15, -0.1) is 0 Å². The maximum atomic E-state index is 12.4. The van der Waals surface area contributed by atoms with E-state index in [9.17, 15) is 24.6 Å². The lowest BCUT2D eigenvalue weighted by atomic mass is 9.78. The van der Waals surface area contributed by atoms with Crippen LogP contribution < -0.4 is 4.57 Å². The van der Waals surface area contributed by atoms with E-state index in [1.54, 1.807) is 6.92 Å². The maximum absolute atomic E-state index is 12.4. The lowest BCUT2D eigenvalue weighted by molar-refractivity contribution is -0.688. The van der Waals surface area contributed by atoms with Crippen molar-refractivity contribution in [3.05, 3.63) is 34.9 Å². The number of esters is 1. The number of carbonyl (C=O) groups excluding carboxylic acids is 2. The number of carboxylic acids is 1. The minimum Gasteiger partial charge on any atom is -0.477 e. The molecule has 0 saturated carbocycles. The first-order chi connectivity index (χ1) is 13.7. The number of imidazole rings is 1. The summed E-state index contributed by atoms with van der Waals surface area (Å²) >= 11 is 1.48. The molecular formula is C19H22N3O6S+. The predicted molar refractivity (Wildman–Crippen MR) is 101 cm³/mol. The van der Waals surface area contributed by atoms with Crippen LogP contribution in [0.5, 0.6) is 0 Å². The maximum Gasteiger partial charge on any atom is 0.352 e. The second-order valence-electron chi connectivity index (χ2n) is 7.57. The molecule has 1 fully saturated rings. The first-order valence-corrected chi connectivity index (χ1v) is 10.1. The standard InChI is InChI=1S/C19H21N3O6S/c1-9-13(17(19(26)27)22-16(9)15(10(2)23)18(22)25)5-20-6-14-21(8-20)4-12(29-14)7-28-11(3)24/h4,6,8-10,15-16,23H,5,7H2,1-3H3/p+1/t9-,10+,15+,16+/m0/s1. The number of rotatable bonds is 6. The molecule has 0 spiro atoms. The Morgan fingerprint density at radius 1 is 1.41 bits per heavy atom. The molecule has 0 bridgehead atoms. The monoisotopic (exact) mass is 420 g/mol. The summed E-state index contributed by atoms with van der Waals surface area (Å²) in [7, 11) is 0. The second kappa shape index (κ2) is 6.96. The van der Waals surface area contributed by atoms with Crippen LogP contribution in [0, 0.1) is 11.8 Å². The second-order valence-corrected chi connectivity index (χ2v) is 8.72. The fraction of sp³-hybridized carbons (Fsp3) is 0.474. The average molecular weight is 420 g/mol. The van der Waals surface area contributed by atoms with E-state index in [1.165, 1.54) is 23.2 Å². The minimum atomic E-state index is -1.13. The molecule has 0 aliphatic carbocycles. The Bertz CT molecular complexity index is 1020. The van der Waals surface area contributed by atoms with Gasteiger partial charge >= 0.3 is 11.9 Å². The molecule has 4 heterocycles. The zero-order valence-electron chi connectivity index (χ0n) is 16.2. The molecule has 2 N–H and O–H groups in total. The summed E-state index contributed by atoms with van der Waals surface area (Å²) in [4.78, 5) is 38.4. The Hall–Kier alpha value is -2.72. The number of aliphatic carboxylic acids is 1. The Balaban J connectivity index is 1.59. The van der Waals surface area contributed by atoms with Crippen molar-refractivity contribution < 1.29 is 33.9 Å². The number of thiazole rings is 1. The number of ether oxygens (including phenoxy) is 1. The van der Waals surface area contributed by atoms with Gasteiger partial charge in [0.2, 0.25) is 17.1 Å². The van der Waals surface area contributed by atoms with Crippen LogP contribution in [0.4, 0.5) is 0 Å². The number of aromatic nitrogens is 2. The van der Waals surface area contributed by atoms with E-state index in [0.29, 0.717) is 12.1 Å². The first-order valence-electron chi connectivity index (χ1n) is 9.29. The molecule has 2 aromatic rings. The van der Waals surface area contributed by atoms with Gasteiger partial charge in [0.15, 0.2) is 0 Å². The van der Waals surface area contributed by atoms with Crippen LogP contribution in [0.3, 0.4) is 0 Å². The summed E-state index contributed by atoms with van der Waals surface area (Å²) in [5.41, 5.74) is 0.699. The molecule has 29 heavy (non-hydrogen) atoms. The topological polar surface area (TPSA) is 112 Å². The van der Waals surface area contributed by atoms with Gasteiger partial charge < -0.3 is 19.8 Å². The van der Waals surface area contributed by atoms with Crippen LogP contribution in [0.15, 0.2) is 30.0 Å². The van der Waals surface area contributed by atoms with Gasteiger partial charge in [-0.05, 0) is 6.92 Å². The van der Waals surface area contributed by atoms with E-state index < -0.39 is 18.0 Å². The number of hydrogen-bond acceptors (Lipinski definition) is 6. The predicted octanol–water partition coefficient (Wildman–Crippen LogP) is 0.548. The summed E-state index contributed by atoms with van der Waals surface area (Å²) < 4.78 is 8.78. The summed E-state index contributed by atoms with van der Waals surface area (Å²) in [6.45, 7) is 5.38. The Kier molecular flexibility index (Phi) is 4.70. The Labute approximate surface area is 170 Å². The fourth-order valence-corrected chi connectivity index (χ4v) is 5.27. The molecule has 4 rings (SSSR count). The molecule has 9 nitrogen and oxygen atoms in total. The quantitative estimate of drug-likeness (QED) is 0.401. The van der Waals surface area contributed by atoms with Crippen LogP contribution >= 0.6 is 11.3 Å². The van der Waals surface area contributed by atoms with Crippen molar-refractivity contribution in [2.45, 2.75) is 46.1 Å². The first kappa shape index (κ1) is 19.6. The largest absolute Gasteiger partial charge is 0.477 e. The SMILES string of the molecule is CC(=O)OCc1cn2c[n+](CC3=C(C(=O)O)N4C(=O)[C@H]([C@@H](C)O)[C@H]4[C@H]3C)cc2s1. The molecule has 2 aromatic heterocycles. The fourth-order valence-electron chi connectivity index (χ4n) is 4.33. The van der Waals surface area contributed by atoms with Crippen molar-refractivity contribution in [2.24, 2.45) is 11.8 Å². The number of amides is 1. The highest BCUT2D eigenvalue weighted by Gasteiger charge is 2.60. The van der Waals surface area contributed by atoms with Crippen molar-refractivity contribution in [3.63, 3.8) is 0 Å². The molecule has 1 amide bonds. The normalized spacial score (nSPS) is 24.6. The van der Waals surface area contributed by atoms with E-state index in [0.717, 1.165) is 9.71 Å². The third-order valence-corrected chi connectivity index (χ3v) is 6.62. The number of β-lactam (4-membered cyclic amide) rings is 1. The van der Waals surface area contributed by atoms with E-state index in [1.807, 2.05) is 34.6 Å². The van der Waals surface area contributed by atoms with E-state index >= 15 is 0 Å². The highest BCUT2D eigenvalue weighted by Crippen LogP contribution is 2.47. The smallest absolute Gasteiger partial charge is 0.352 e. The number of nitrogens with zero attached hydrogens (tertiary/aromatic N) is 3. The number of fused-ring (bicyclic) bond motifs is 2. The number of hydrogen-bond donors (Lipinski definition) is 2. The van der Waals surface area contributed by atoms with Crippen LogP contribution in [-0.2, 0) is 32.3 Å². The molecule has 4 atom stereocenters. The van der Waals surface area contributed by atoms with Crippen molar-refractivity contribution in [1.29, 1.82) is 0 Å². The molecule has 154 valence electrons. The van der Waals surface area contributed by atoms with Crippen LogP contribution in [-0.4, -0.2) is 49.5 Å². The third kappa shape index (κ3) is 3.12. The zero-order valence-corrected chi connectivity index (χ0v) is 17.0. The Morgan fingerprint density at radius 2 is 2.14 bits per heavy atom. The number of aliphatic hydroxyl groups excluding tert-OH is 1. The van der Waals surface area contributed by atoms with Gasteiger partial charge in [0.05, 0.1) is 22.9 Å². The van der Waals surface area contributed by atoms with Crippen LogP contribution in [0.1, 0.15) is 25.6 Å². The summed E-state index contributed by atoms with van der Waals surface area (Å²) in [6, 6.07) is -0.316. The Morgan fingerprint density at radius 3 is 2.72 bits per heavy atom. The van der Waals surface area contributed by atoms with Crippen LogP contribution in [0.25, 0.3) is 4.83 Å². The zero-order chi connectivity index (χ0) is 21.0. The lowest BCUT2D eigenvalue weighted by Crippen LogP contribution is -2.63. The van der Waals surface area contributed by atoms with Crippen molar-refractivity contribution in [2.75, 3.05) is 0 Å². The van der Waals surface area contributed by atoms with Gasteiger partial charge in [0.1, 0.15) is 31.2 Å². The molecule has 0 unspecified atom stereocenters. The van der Waals surface area contributed by atoms with Crippen molar-refractivity contribution in [3.8, 4) is 0 Å². The molecule has 0 aromatic carbocycles. The van der Waals surface area contributed by atoms with Crippen molar-refractivity contribution in [1.82, 2.24) is 9.30 Å². The van der Waals surface area contributed by atoms with Gasteiger partial charge in [-0.2, -0.15) is 4.40 Å². The van der Waals surface area contributed by atoms with E-state index in [2.05, 4.69) is 0 Å². The number of aliphatic hydroxyl groups is 1. The highest BCUT2D eigenvalue weighted by atomic mass is 32.1. The molecule has 0 radical (unpaired) electrons. The number of carbonyl (C=O) groups is 3. The molecule has 2 aliphatic rings. The minimum absolute atomic E-state index is 0.0296. The van der Waals surface area contributed by atoms with E-state index in [-0.39, 0.29) is 36.1 Å². The third-order valence-electron chi connectivity index (χ3n) is 5.61. The van der Waals surface area contributed by atoms with E-state index in [4.69, 9.17) is 4.74 Å². The summed E-state index contributed by atoms with van der Waals surface area (Å²) in [5, 5.41) is 19.6. The highest BCUT2D eigenvalue weighted by molar-refractivity contribution is 7.17. The molecule has 10 heteroatoms. The summed E-state index contributed by atoms with van der Waals surface area (Å²) in [5.74, 6) is -2.53. The molecule has 1 saturated heterocycles. The number of carboxylic acid groups (broad SMARTS) is 1.